The highest BCUT2D eigenvalue weighted by Gasteiger charge is 2.28. The number of fused-ring (bicyclic) bond motifs is 3. The predicted molar refractivity (Wildman–Crippen MR) is 164 cm³/mol. The van der Waals surface area contributed by atoms with E-state index in [2.05, 4.69) is 6.07 Å². The average molecular weight is 543 g/mol. The number of furan rings is 1. The van der Waals surface area contributed by atoms with Gasteiger partial charge in [0.05, 0.1) is 17.2 Å². The molecule has 0 N–H and O–H groups in total. The van der Waals surface area contributed by atoms with E-state index in [9.17, 15) is 5.26 Å². The molecule has 2 aromatic heterocycles. The fourth-order valence-electron chi connectivity index (χ4n) is 5.70. The van der Waals surface area contributed by atoms with E-state index in [0.717, 1.165) is 33.2 Å². The van der Waals surface area contributed by atoms with Crippen LogP contribution in [0.5, 0.6) is 0 Å². The molecule has 0 radical (unpaired) electrons. The Labute approximate surface area is 244 Å². The summed E-state index contributed by atoms with van der Waals surface area (Å²) in [5, 5.41) is 11.9. The van der Waals surface area contributed by atoms with Gasteiger partial charge in [-0.15, -0.1) is 0 Å². The second kappa shape index (κ2) is 9.71. The first kappa shape index (κ1) is 23.0. The lowest BCUT2D eigenvalue weighted by Crippen LogP contribution is -2.33. The van der Waals surface area contributed by atoms with Crippen molar-refractivity contribution in [1.82, 2.24) is 0 Å². The van der Waals surface area contributed by atoms with Gasteiger partial charge in [-0.1, -0.05) is 75.4 Å². The van der Waals surface area contributed by atoms with E-state index < -0.39 is 12.3 Å². The number of benzene rings is 4. The molecule has 6 aromatic rings. The summed E-state index contributed by atoms with van der Waals surface area (Å²) >= 11 is 0. The maximum Gasteiger partial charge on any atom is 0.216 e. The topological polar surface area (TPSA) is 40.8 Å². The molecule has 0 unspecified atom stereocenters. The standard InChI is InChI=1S/C37H32FN2O/c1-22-12-14-25(18-29(22)24-10-8-7-9-11-24)34-26(20-39)15-17-28-27-16-13-23(2)33(35(27)41-36(28)34)32-19-30(37(3,4)5)31(38)21-40(32)6/h7-19,21H,1-6H3/q+1/i1D3. The summed E-state index contributed by atoms with van der Waals surface area (Å²) in [7, 11) is 1.82. The van der Waals surface area contributed by atoms with Gasteiger partial charge in [0.15, 0.2) is 5.82 Å². The highest BCUT2D eigenvalue weighted by atomic mass is 19.1. The number of nitriles is 1. The predicted octanol–water partition coefficient (Wildman–Crippen LogP) is 9.34. The smallest absolute Gasteiger partial charge is 0.216 e. The normalized spacial score (nSPS) is 13.1. The molecule has 0 saturated heterocycles. The molecule has 0 spiro atoms. The van der Waals surface area contributed by atoms with Crippen LogP contribution < -0.4 is 4.57 Å². The first-order valence-corrected chi connectivity index (χ1v) is 13.6. The van der Waals surface area contributed by atoms with Crippen LogP contribution in [0.4, 0.5) is 4.39 Å². The third-order valence-electron chi connectivity index (χ3n) is 7.82. The first-order valence-electron chi connectivity index (χ1n) is 15.1. The van der Waals surface area contributed by atoms with Gasteiger partial charge < -0.3 is 4.42 Å². The van der Waals surface area contributed by atoms with Gasteiger partial charge in [0, 0.05) is 32.1 Å². The SMILES string of the molecule is [2H]C([2H])([2H])c1ccc(-c2c(C#N)ccc3c2oc2c(-c4cc(C(C)(C)C)c(F)c[n+]4C)c(C)ccc23)cc1-c1ccccc1. The number of hydrogen-bond acceptors (Lipinski definition) is 2. The van der Waals surface area contributed by atoms with Crippen LogP contribution >= 0.6 is 0 Å². The first-order chi connectivity index (χ1) is 20.8. The minimum absolute atomic E-state index is 0.235. The van der Waals surface area contributed by atoms with E-state index >= 15 is 4.39 Å². The van der Waals surface area contributed by atoms with Crippen molar-refractivity contribution in [3.8, 4) is 39.6 Å². The summed E-state index contributed by atoms with van der Waals surface area (Å²) in [5.74, 6) is -0.270. The number of aryl methyl sites for hydroxylation is 3. The Bertz CT molecular complexity index is 2130. The third-order valence-corrected chi connectivity index (χ3v) is 7.82. The van der Waals surface area contributed by atoms with Crippen molar-refractivity contribution in [3.63, 3.8) is 0 Å². The minimum Gasteiger partial charge on any atom is -0.454 e. The van der Waals surface area contributed by atoms with Crippen molar-refractivity contribution in [3.05, 3.63) is 113 Å². The van der Waals surface area contributed by atoms with Crippen molar-refractivity contribution < 1.29 is 17.5 Å². The summed E-state index contributed by atoms with van der Waals surface area (Å²) in [4.78, 5) is 0. The summed E-state index contributed by atoms with van der Waals surface area (Å²) in [6, 6.07) is 26.5. The van der Waals surface area contributed by atoms with Gasteiger partial charge in [-0.25, -0.2) is 4.39 Å². The van der Waals surface area contributed by atoms with Crippen LogP contribution in [0, 0.1) is 30.9 Å². The Kier molecular flexibility index (Phi) is 5.45. The molecule has 0 fully saturated rings. The van der Waals surface area contributed by atoms with Gasteiger partial charge in [-0.05, 0) is 65.2 Å². The molecule has 0 amide bonds. The molecule has 41 heavy (non-hydrogen) atoms. The zero-order valence-corrected chi connectivity index (χ0v) is 23.8. The largest absolute Gasteiger partial charge is 0.454 e. The maximum atomic E-state index is 15.1. The van der Waals surface area contributed by atoms with Crippen molar-refractivity contribution in [2.24, 2.45) is 7.05 Å². The molecule has 0 saturated carbocycles. The fraction of sp³-hybridized carbons (Fsp3) is 0.189. The molecule has 0 aliphatic carbocycles. The van der Waals surface area contributed by atoms with E-state index in [1.54, 1.807) is 22.8 Å². The molecule has 0 atom stereocenters. The molecule has 6 rings (SSSR count). The van der Waals surface area contributed by atoms with Crippen LogP contribution in [0.15, 0.2) is 89.5 Å². The molecule has 3 nitrogen and oxygen atoms in total. The van der Waals surface area contributed by atoms with Crippen molar-refractivity contribution in [1.29, 1.82) is 5.26 Å². The van der Waals surface area contributed by atoms with E-state index in [1.807, 2.05) is 95.4 Å². The van der Waals surface area contributed by atoms with Gasteiger partial charge >= 0.3 is 0 Å². The maximum absolute atomic E-state index is 15.1. The molecule has 4 heteroatoms. The van der Waals surface area contributed by atoms with Crippen LogP contribution in [0.25, 0.3) is 55.4 Å². The number of nitrogens with zero attached hydrogens (tertiary/aromatic N) is 2. The van der Waals surface area contributed by atoms with Gasteiger partial charge in [-0.3, -0.25) is 0 Å². The monoisotopic (exact) mass is 542 g/mol. The highest BCUT2D eigenvalue weighted by Crippen LogP contribution is 2.43. The van der Waals surface area contributed by atoms with Crippen molar-refractivity contribution in [2.75, 3.05) is 0 Å². The van der Waals surface area contributed by atoms with Crippen LogP contribution in [-0.2, 0) is 12.5 Å². The molecular formula is C37H32FN2O+. The Morgan fingerprint density at radius 3 is 2.22 bits per heavy atom. The summed E-state index contributed by atoms with van der Waals surface area (Å²) in [6.45, 7) is 5.64. The number of halogens is 1. The van der Waals surface area contributed by atoms with E-state index in [0.29, 0.717) is 39.0 Å². The van der Waals surface area contributed by atoms with Crippen LogP contribution in [0.1, 0.15) is 47.1 Å². The van der Waals surface area contributed by atoms with Crippen molar-refractivity contribution in [2.45, 2.75) is 40.0 Å². The zero-order chi connectivity index (χ0) is 31.6. The molecule has 2 heterocycles. The van der Waals surface area contributed by atoms with Crippen molar-refractivity contribution >= 4 is 21.9 Å². The average Bonchev–Trinajstić information content (AvgIpc) is 3.34. The quantitative estimate of drug-likeness (QED) is 0.209. The number of rotatable bonds is 3. The minimum atomic E-state index is -2.32. The lowest BCUT2D eigenvalue weighted by molar-refractivity contribution is -0.662. The van der Waals surface area contributed by atoms with E-state index in [1.165, 1.54) is 6.20 Å². The molecule has 202 valence electrons. The van der Waals surface area contributed by atoms with E-state index in [4.69, 9.17) is 8.53 Å². The molecule has 0 aliphatic rings. The Morgan fingerprint density at radius 1 is 0.854 bits per heavy atom. The van der Waals surface area contributed by atoms with E-state index in [-0.39, 0.29) is 11.4 Å². The summed E-state index contributed by atoms with van der Waals surface area (Å²) in [6.07, 6.45) is 1.51. The number of aromatic nitrogens is 1. The fourth-order valence-corrected chi connectivity index (χ4v) is 5.70. The number of hydrogen-bond donors (Lipinski definition) is 0. The highest BCUT2D eigenvalue weighted by molar-refractivity contribution is 6.14. The van der Waals surface area contributed by atoms with Gasteiger partial charge in [0.25, 0.3) is 0 Å². The van der Waals surface area contributed by atoms with Crippen LogP contribution in [0.2, 0.25) is 0 Å². The Morgan fingerprint density at radius 2 is 1.54 bits per heavy atom. The molecule has 0 bridgehead atoms. The summed E-state index contributed by atoms with van der Waals surface area (Å²) in [5.41, 5.74) is 7.27. The zero-order valence-electron chi connectivity index (χ0n) is 26.8. The second-order valence-corrected chi connectivity index (χ2v) is 11.6. The molecule has 0 aliphatic heterocycles. The lowest BCUT2D eigenvalue weighted by atomic mass is 9.86. The van der Waals surface area contributed by atoms with Crippen LogP contribution in [-0.4, -0.2) is 0 Å². The lowest BCUT2D eigenvalue weighted by Gasteiger charge is -2.19. The van der Waals surface area contributed by atoms with Gasteiger partial charge in [-0.2, -0.15) is 9.83 Å². The van der Waals surface area contributed by atoms with Gasteiger partial charge in [0.2, 0.25) is 11.9 Å². The Hall–Kier alpha value is -4.75. The molecule has 4 aromatic carbocycles. The summed E-state index contributed by atoms with van der Waals surface area (Å²) < 4.78 is 48.1. The Balaban J connectivity index is 1.67. The molecular weight excluding hydrogens is 507 g/mol. The third kappa shape index (κ3) is 4.39. The van der Waals surface area contributed by atoms with Crippen LogP contribution in [0.3, 0.4) is 0 Å². The number of pyridine rings is 1. The van der Waals surface area contributed by atoms with Gasteiger partial charge in [0.1, 0.15) is 18.2 Å². The second-order valence-electron chi connectivity index (χ2n) is 11.6.